The van der Waals surface area contributed by atoms with Gasteiger partial charge >= 0.3 is 0 Å². The number of hydrogen-bond acceptors (Lipinski definition) is 5. The van der Waals surface area contributed by atoms with Gasteiger partial charge in [-0.25, -0.2) is 8.42 Å². The summed E-state index contributed by atoms with van der Waals surface area (Å²) in [6, 6.07) is 2.70. The number of fused-ring (bicyclic) bond motifs is 1. The molecule has 1 N–H and O–H groups in total. The van der Waals surface area contributed by atoms with Crippen LogP contribution in [0, 0.1) is 0 Å². The summed E-state index contributed by atoms with van der Waals surface area (Å²) < 4.78 is 32.4. The summed E-state index contributed by atoms with van der Waals surface area (Å²) in [6.07, 6.45) is 0.395. The lowest BCUT2D eigenvalue weighted by Crippen LogP contribution is -2.50. The average molecular weight is 388 g/mol. The van der Waals surface area contributed by atoms with Crippen LogP contribution in [0.15, 0.2) is 17.0 Å². The van der Waals surface area contributed by atoms with Gasteiger partial charge < -0.3 is 15.0 Å². The van der Waals surface area contributed by atoms with Crippen LogP contribution in [-0.4, -0.2) is 62.2 Å². The van der Waals surface area contributed by atoms with Gasteiger partial charge in [0.05, 0.1) is 10.7 Å². The van der Waals surface area contributed by atoms with Crippen LogP contribution in [0.4, 0.5) is 5.69 Å². The van der Waals surface area contributed by atoms with Crippen LogP contribution in [0.25, 0.3) is 0 Å². The maximum Gasteiger partial charge on any atom is 0.262 e. The van der Waals surface area contributed by atoms with Gasteiger partial charge in [-0.05, 0) is 6.07 Å². The molecule has 2 heterocycles. The quantitative estimate of drug-likeness (QED) is 0.831. The predicted molar refractivity (Wildman–Crippen MR) is 91.2 cm³/mol. The number of nitrogens with zero attached hydrogens (tertiary/aromatic N) is 2. The molecule has 0 radical (unpaired) electrons. The van der Waals surface area contributed by atoms with Gasteiger partial charge in [0.15, 0.2) is 6.61 Å². The fraction of sp³-hybridized carbons (Fsp3) is 0.467. The molecule has 0 unspecified atom stereocenters. The monoisotopic (exact) mass is 387 g/mol. The molecule has 0 bridgehead atoms. The van der Waals surface area contributed by atoms with Gasteiger partial charge in [-0.2, -0.15) is 4.31 Å². The molecular formula is C15H18ClN3O5S. The lowest BCUT2D eigenvalue weighted by molar-refractivity contribution is -0.132. The highest BCUT2D eigenvalue weighted by Gasteiger charge is 2.32. The van der Waals surface area contributed by atoms with Crippen molar-refractivity contribution in [2.24, 2.45) is 0 Å². The second-order valence-corrected chi connectivity index (χ2v) is 8.07. The molecule has 0 saturated carbocycles. The van der Waals surface area contributed by atoms with Crippen molar-refractivity contribution in [3.8, 4) is 5.75 Å². The van der Waals surface area contributed by atoms with Crippen LogP contribution in [0.1, 0.15) is 13.3 Å². The number of hydrogen-bond donors (Lipinski definition) is 1. The van der Waals surface area contributed by atoms with Crippen molar-refractivity contribution in [2.75, 3.05) is 38.1 Å². The summed E-state index contributed by atoms with van der Waals surface area (Å²) in [5.74, 6) is -0.0498. The summed E-state index contributed by atoms with van der Waals surface area (Å²) >= 11 is 6.14. The Morgan fingerprint density at radius 3 is 2.60 bits per heavy atom. The van der Waals surface area contributed by atoms with E-state index in [0.29, 0.717) is 25.2 Å². The van der Waals surface area contributed by atoms with Crippen LogP contribution < -0.4 is 10.1 Å². The lowest BCUT2D eigenvalue weighted by atomic mass is 10.2. The van der Waals surface area contributed by atoms with Crippen molar-refractivity contribution in [1.82, 2.24) is 9.21 Å². The fourth-order valence-corrected chi connectivity index (χ4v) is 4.76. The van der Waals surface area contributed by atoms with Crippen LogP contribution in [-0.2, 0) is 19.6 Å². The minimum atomic E-state index is -3.82. The SMILES string of the molecule is CCC(=O)N1CCN(S(=O)(=O)c2cc3c(cc2Cl)NC(=O)CO3)CC1. The maximum atomic E-state index is 12.9. The number of rotatable bonds is 3. The number of anilines is 1. The summed E-state index contributed by atoms with van der Waals surface area (Å²) in [5, 5.41) is 2.59. The molecule has 8 nitrogen and oxygen atoms in total. The fourth-order valence-electron chi connectivity index (χ4n) is 2.82. The third-order valence-electron chi connectivity index (χ3n) is 4.18. The number of ether oxygens (including phenoxy) is 1. The molecule has 0 aromatic heterocycles. The van der Waals surface area contributed by atoms with E-state index in [0.717, 1.165) is 0 Å². The Balaban J connectivity index is 1.84. The third-order valence-corrected chi connectivity index (χ3v) is 6.54. The topological polar surface area (TPSA) is 96.0 Å². The van der Waals surface area contributed by atoms with Crippen LogP contribution in [0.2, 0.25) is 5.02 Å². The number of piperazine rings is 1. The smallest absolute Gasteiger partial charge is 0.262 e. The highest BCUT2D eigenvalue weighted by molar-refractivity contribution is 7.89. The minimum Gasteiger partial charge on any atom is -0.482 e. The zero-order chi connectivity index (χ0) is 18.2. The van der Waals surface area contributed by atoms with Crippen LogP contribution >= 0.6 is 11.6 Å². The predicted octanol–water partition coefficient (Wildman–Crippen LogP) is 0.914. The molecule has 0 aliphatic carbocycles. The Labute approximate surface area is 150 Å². The maximum absolute atomic E-state index is 12.9. The molecule has 2 amide bonds. The van der Waals surface area contributed by atoms with Crippen molar-refractivity contribution in [3.05, 3.63) is 17.2 Å². The Hall–Kier alpha value is -1.84. The van der Waals surface area contributed by atoms with E-state index in [-0.39, 0.29) is 47.2 Å². The van der Waals surface area contributed by atoms with E-state index < -0.39 is 10.0 Å². The number of nitrogens with one attached hydrogen (secondary N) is 1. The number of halogens is 1. The minimum absolute atomic E-state index is 0.00741. The third kappa shape index (κ3) is 3.44. The lowest BCUT2D eigenvalue weighted by Gasteiger charge is -2.34. The molecule has 0 spiro atoms. The number of benzene rings is 1. The van der Waals surface area contributed by atoms with Gasteiger partial charge in [0, 0.05) is 38.7 Å². The van der Waals surface area contributed by atoms with Gasteiger partial charge in [0.2, 0.25) is 15.9 Å². The highest BCUT2D eigenvalue weighted by atomic mass is 35.5. The van der Waals surface area contributed by atoms with Crippen molar-refractivity contribution >= 4 is 39.1 Å². The molecule has 1 saturated heterocycles. The second kappa shape index (κ2) is 6.81. The van der Waals surface area contributed by atoms with Gasteiger partial charge in [0.25, 0.3) is 5.91 Å². The van der Waals surface area contributed by atoms with Gasteiger partial charge in [-0.15, -0.1) is 0 Å². The highest BCUT2D eigenvalue weighted by Crippen LogP contribution is 2.36. The summed E-state index contributed by atoms with van der Waals surface area (Å²) in [5.41, 5.74) is 0.346. The van der Waals surface area contributed by atoms with E-state index in [4.69, 9.17) is 16.3 Å². The molecule has 10 heteroatoms. The van der Waals surface area contributed by atoms with E-state index in [1.165, 1.54) is 16.4 Å². The van der Waals surface area contributed by atoms with E-state index >= 15 is 0 Å². The largest absolute Gasteiger partial charge is 0.482 e. The standard InChI is InChI=1S/C15H18ClN3O5S/c1-2-15(21)18-3-5-19(6-4-18)25(22,23)13-8-12-11(7-10(13)16)17-14(20)9-24-12/h7-8H,2-6,9H2,1H3,(H,17,20). The summed E-state index contributed by atoms with van der Waals surface area (Å²) in [7, 11) is -3.82. The molecule has 1 fully saturated rings. The first-order valence-corrected chi connectivity index (χ1v) is 9.69. The number of sulfonamides is 1. The first-order valence-electron chi connectivity index (χ1n) is 7.87. The Kier molecular flexibility index (Phi) is 4.90. The zero-order valence-corrected chi connectivity index (χ0v) is 15.2. The number of carbonyl (C=O) groups excluding carboxylic acids is 2. The number of carbonyl (C=O) groups is 2. The van der Waals surface area contributed by atoms with Gasteiger partial charge in [0.1, 0.15) is 10.6 Å². The van der Waals surface area contributed by atoms with E-state index in [1.54, 1.807) is 11.8 Å². The van der Waals surface area contributed by atoms with Crippen molar-refractivity contribution < 1.29 is 22.7 Å². The Morgan fingerprint density at radius 2 is 1.96 bits per heavy atom. The second-order valence-electron chi connectivity index (χ2n) is 5.75. The van der Waals surface area contributed by atoms with Crippen LogP contribution in [0.3, 0.4) is 0 Å². The first kappa shape index (κ1) is 18.0. The van der Waals surface area contributed by atoms with E-state index in [1.807, 2.05) is 0 Å². The molecule has 25 heavy (non-hydrogen) atoms. The van der Waals surface area contributed by atoms with E-state index in [9.17, 15) is 18.0 Å². The average Bonchev–Trinajstić information content (AvgIpc) is 2.60. The first-order chi connectivity index (χ1) is 11.8. The van der Waals surface area contributed by atoms with Crippen molar-refractivity contribution in [1.29, 1.82) is 0 Å². The normalized spacial score (nSPS) is 18.3. The summed E-state index contributed by atoms with van der Waals surface area (Å²) in [6.45, 7) is 2.71. The molecule has 3 rings (SSSR count). The number of amides is 2. The molecule has 2 aliphatic heterocycles. The molecule has 136 valence electrons. The molecule has 0 atom stereocenters. The summed E-state index contributed by atoms with van der Waals surface area (Å²) in [4.78, 5) is 24.6. The van der Waals surface area contributed by atoms with Crippen molar-refractivity contribution in [3.63, 3.8) is 0 Å². The Bertz CT molecular complexity index is 819. The van der Waals surface area contributed by atoms with E-state index in [2.05, 4.69) is 5.32 Å². The van der Waals surface area contributed by atoms with Crippen LogP contribution in [0.5, 0.6) is 5.75 Å². The molecule has 1 aromatic rings. The Morgan fingerprint density at radius 1 is 1.28 bits per heavy atom. The zero-order valence-electron chi connectivity index (χ0n) is 13.6. The van der Waals surface area contributed by atoms with Crippen molar-refractivity contribution in [2.45, 2.75) is 18.2 Å². The molecular weight excluding hydrogens is 370 g/mol. The van der Waals surface area contributed by atoms with Gasteiger partial charge in [-0.1, -0.05) is 18.5 Å². The molecule has 1 aromatic carbocycles. The molecule has 2 aliphatic rings. The van der Waals surface area contributed by atoms with Gasteiger partial charge in [-0.3, -0.25) is 9.59 Å².